The van der Waals surface area contributed by atoms with E-state index in [0.29, 0.717) is 19.3 Å². The molecule has 0 saturated heterocycles. The molecule has 0 spiro atoms. The Labute approximate surface area is 453 Å². The Balaban J connectivity index is -0.000000445. The van der Waals surface area contributed by atoms with Crippen LogP contribution in [0.15, 0.2) is 36.5 Å². The van der Waals surface area contributed by atoms with E-state index in [4.69, 9.17) is 35.7 Å². The molecular weight excluding hydrogens is 937 g/mol. The summed E-state index contributed by atoms with van der Waals surface area (Å²) in [7, 11) is 0. The van der Waals surface area contributed by atoms with Gasteiger partial charge in [0.25, 0.3) is 0 Å². The fourth-order valence-electron chi connectivity index (χ4n) is 7.96. The molecule has 0 amide bonds. The van der Waals surface area contributed by atoms with Crippen LogP contribution in [0.2, 0.25) is 0 Å². The first kappa shape index (κ1) is 77.6. The van der Waals surface area contributed by atoms with Gasteiger partial charge in [0.05, 0.1) is 6.61 Å². The van der Waals surface area contributed by atoms with E-state index in [0.717, 1.165) is 38.5 Å². The average Bonchev–Trinajstić information content (AvgIpc) is 3.38. The Hall–Kier alpha value is -2.90. The summed E-state index contributed by atoms with van der Waals surface area (Å²) < 4.78 is 0. The highest BCUT2D eigenvalue weighted by Crippen LogP contribution is 2.14. The van der Waals surface area contributed by atoms with Crippen molar-refractivity contribution in [2.75, 3.05) is 6.61 Å². The molecular formula is C62H118O12. The van der Waals surface area contributed by atoms with Crippen LogP contribution >= 0.6 is 0 Å². The van der Waals surface area contributed by atoms with Gasteiger partial charge in [0.1, 0.15) is 24.4 Å². The van der Waals surface area contributed by atoms with Crippen LogP contribution in [-0.4, -0.2) is 95.6 Å². The number of carboxylic acid groups (broad SMARTS) is 3. The Bertz CT molecular complexity index is 1150. The zero-order valence-corrected chi connectivity index (χ0v) is 48.1. The zero-order valence-electron chi connectivity index (χ0n) is 48.1. The predicted octanol–water partition coefficient (Wildman–Crippen LogP) is 15.7. The van der Waals surface area contributed by atoms with Gasteiger partial charge in [0, 0.05) is 25.7 Å². The molecule has 0 rings (SSSR count). The third kappa shape index (κ3) is 69.1. The summed E-state index contributed by atoms with van der Waals surface area (Å²) in [5, 5.41) is 70.4. The van der Waals surface area contributed by atoms with Gasteiger partial charge in [-0.2, -0.15) is 0 Å². The standard InChI is InChI=1S/3C18H34O2.C8H16O6/c3*1-2-3-4-5-6-7-8-9-10-11-12-13-14-15-16-17-18(19)20;1-2-4(10)6(12)8(14)7(13)5(11)3-9/h3*9-10H,2-8,11-17H2,1H3,(H,19,20);5-9,11-14H,2-3H2,1H3/b3*10-9-;/t;;;5-,6+,7-,8-/m...1/s1. The maximum absolute atomic E-state index is 10.9. The van der Waals surface area contributed by atoms with E-state index in [1.807, 2.05) is 0 Å². The first-order chi connectivity index (χ1) is 35.8. The molecule has 0 radical (unpaired) electrons. The van der Waals surface area contributed by atoms with Crippen molar-refractivity contribution in [1.29, 1.82) is 0 Å². The van der Waals surface area contributed by atoms with Gasteiger partial charge < -0.3 is 40.9 Å². The molecule has 0 bridgehead atoms. The summed E-state index contributed by atoms with van der Waals surface area (Å²) in [5.74, 6) is -2.63. The number of hydrogen-bond acceptors (Lipinski definition) is 9. The smallest absolute Gasteiger partial charge is 0.303 e. The average molecular weight is 1060 g/mol. The van der Waals surface area contributed by atoms with Crippen molar-refractivity contribution in [3.05, 3.63) is 36.5 Å². The second-order valence-corrected chi connectivity index (χ2v) is 20.2. The van der Waals surface area contributed by atoms with Crippen LogP contribution in [0.25, 0.3) is 0 Å². The number of rotatable bonds is 51. The number of unbranched alkanes of at least 4 members (excludes halogenated alkanes) is 33. The molecule has 0 aliphatic heterocycles. The highest BCUT2D eigenvalue weighted by Gasteiger charge is 2.33. The van der Waals surface area contributed by atoms with Gasteiger partial charge in [-0.3, -0.25) is 19.2 Å². The van der Waals surface area contributed by atoms with Crippen molar-refractivity contribution in [2.45, 2.75) is 328 Å². The molecule has 0 saturated carbocycles. The summed E-state index contributed by atoms with van der Waals surface area (Å²) in [6.07, 6.45) is 56.9. The Kier molecular flexibility index (Phi) is 69.4. The van der Waals surface area contributed by atoms with Gasteiger partial charge in [-0.25, -0.2) is 0 Å². The summed E-state index contributed by atoms with van der Waals surface area (Å²) in [6, 6.07) is 0. The van der Waals surface area contributed by atoms with Crippen LogP contribution in [0, 0.1) is 0 Å². The summed E-state index contributed by atoms with van der Waals surface area (Å²) >= 11 is 0. The fraction of sp³-hybridized carbons (Fsp3) is 0.839. The third-order valence-corrected chi connectivity index (χ3v) is 12.9. The van der Waals surface area contributed by atoms with Gasteiger partial charge in [-0.15, -0.1) is 0 Å². The lowest BCUT2D eigenvalue weighted by molar-refractivity contribution is -0.146. The summed E-state index contributed by atoms with van der Waals surface area (Å²) in [5.41, 5.74) is 0. The van der Waals surface area contributed by atoms with E-state index in [2.05, 4.69) is 57.2 Å². The van der Waals surface area contributed by atoms with Crippen molar-refractivity contribution in [3.63, 3.8) is 0 Å². The number of carboxylic acids is 3. The van der Waals surface area contributed by atoms with E-state index in [-0.39, 0.29) is 6.42 Å². The molecule has 0 aliphatic rings. The van der Waals surface area contributed by atoms with E-state index < -0.39 is 54.7 Å². The monoisotopic (exact) mass is 1050 g/mol. The Morgan fingerprint density at radius 2 is 0.541 bits per heavy atom. The normalized spacial score (nSPS) is 12.9. The third-order valence-electron chi connectivity index (χ3n) is 12.9. The molecule has 0 unspecified atom stereocenters. The zero-order chi connectivity index (χ0) is 56.0. The maximum atomic E-state index is 10.9. The number of carbonyl (C=O) groups excluding carboxylic acids is 1. The highest BCUT2D eigenvalue weighted by molar-refractivity contribution is 5.83. The van der Waals surface area contributed by atoms with Crippen molar-refractivity contribution in [1.82, 2.24) is 0 Å². The van der Waals surface area contributed by atoms with Crippen molar-refractivity contribution in [3.8, 4) is 0 Å². The van der Waals surface area contributed by atoms with Crippen molar-refractivity contribution in [2.24, 2.45) is 0 Å². The first-order valence-corrected chi connectivity index (χ1v) is 30.2. The second kappa shape index (κ2) is 66.2. The van der Waals surface area contributed by atoms with E-state index in [9.17, 15) is 24.3 Å². The van der Waals surface area contributed by atoms with Crippen LogP contribution in [0.4, 0.5) is 0 Å². The van der Waals surface area contributed by atoms with Gasteiger partial charge in [-0.05, 0) is 96.3 Å². The van der Waals surface area contributed by atoms with Crippen molar-refractivity contribution >= 4 is 23.7 Å². The number of aliphatic hydroxyl groups is 5. The molecule has 0 aromatic heterocycles. The predicted molar refractivity (Wildman–Crippen MR) is 308 cm³/mol. The lowest BCUT2D eigenvalue weighted by Gasteiger charge is -2.24. The lowest BCUT2D eigenvalue weighted by atomic mass is 9.99. The van der Waals surface area contributed by atoms with E-state index in [1.54, 1.807) is 0 Å². The number of aliphatic hydroxyl groups excluding tert-OH is 5. The Morgan fingerprint density at radius 1 is 0.324 bits per heavy atom. The fourth-order valence-corrected chi connectivity index (χ4v) is 7.96. The molecule has 0 aromatic rings. The maximum Gasteiger partial charge on any atom is 0.303 e. The van der Waals surface area contributed by atoms with Gasteiger partial charge >= 0.3 is 17.9 Å². The minimum absolute atomic E-state index is 0.0141. The lowest BCUT2D eigenvalue weighted by Crippen LogP contribution is -2.48. The van der Waals surface area contributed by atoms with Crippen LogP contribution in [0.5, 0.6) is 0 Å². The number of carbonyl (C=O) groups is 4. The summed E-state index contributed by atoms with van der Waals surface area (Å²) in [4.78, 5) is 41.9. The quantitative estimate of drug-likeness (QED) is 0.0210. The molecule has 0 aromatic carbocycles. The molecule has 12 heteroatoms. The molecule has 0 fully saturated rings. The number of allylic oxidation sites excluding steroid dienone is 6. The topological polar surface area (TPSA) is 230 Å². The van der Waals surface area contributed by atoms with Gasteiger partial charge in [-0.1, -0.05) is 218 Å². The molecule has 8 N–H and O–H groups in total. The Morgan fingerprint density at radius 3 is 0.743 bits per heavy atom. The number of aliphatic carboxylic acids is 3. The van der Waals surface area contributed by atoms with Crippen LogP contribution in [0.1, 0.15) is 304 Å². The van der Waals surface area contributed by atoms with E-state index >= 15 is 0 Å². The first-order valence-electron chi connectivity index (χ1n) is 30.2. The molecule has 0 aliphatic carbocycles. The molecule has 74 heavy (non-hydrogen) atoms. The van der Waals surface area contributed by atoms with Crippen molar-refractivity contribution < 1.29 is 60.0 Å². The SMILES string of the molecule is CCC(=O)[C@H](O)[C@@H](O)[C@H](O)[C@H](O)CO.CCCCCCCC/C=C\CCCCCCCC(=O)O.CCCCCCCC/C=C\CCCCCCCC(=O)O.CCCCCCCC/C=C\CCCCCCCC(=O)O. The minimum Gasteiger partial charge on any atom is -0.481 e. The minimum atomic E-state index is -1.79. The number of Topliss-reactive ketones (excluding diaryl/α,β-unsaturated/α-hetero) is 1. The number of ketones is 1. The highest BCUT2D eigenvalue weighted by atomic mass is 16.4. The van der Waals surface area contributed by atoms with Gasteiger partial charge in [0.15, 0.2) is 5.78 Å². The van der Waals surface area contributed by atoms with Crippen LogP contribution < -0.4 is 0 Å². The molecule has 0 heterocycles. The van der Waals surface area contributed by atoms with E-state index in [1.165, 1.54) is 219 Å². The number of hydrogen-bond donors (Lipinski definition) is 8. The largest absolute Gasteiger partial charge is 0.481 e. The second-order valence-electron chi connectivity index (χ2n) is 20.2. The summed E-state index contributed by atoms with van der Waals surface area (Å²) in [6.45, 7) is 7.51. The van der Waals surface area contributed by atoms with Crippen LogP contribution in [0.3, 0.4) is 0 Å². The molecule has 4 atom stereocenters. The van der Waals surface area contributed by atoms with Gasteiger partial charge in [0.2, 0.25) is 0 Å². The molecule has 12 nitrogen and oxygen atoms in total. The van der Waals surface area contributed by atoms with Crippen LogP contribution in [-0.2, 0) is 19.2 Å². The molecule has 438 valence electrons.